The highest BCUT2D eigenvalue weighted by atomic mass is 16.5. The number of aromatic carboxylic acids is 1. The second kappa shape index (κ2) is 5.99. The van der Waals surface area contributed by atoms with E-state index in [2.05, 4.69) is 5.32 Å². The highest BCUT2D eigenvalue weighted by Crippen LogP contribution is 2.48. The van der Waals surface area contributed by atoms with E-state index < -0.39 is 5.97 Å². The van der Waals surface area contributed by atoms with Gasteiger partial charge in [0, 0.05) is 12.5 Å². The van der Waals surface area contributed by atoms with E-state index in [-0.39, 0.29) is 17.4 Å². The van der Waals surface area contributed by atoms with Crippen LogP contribution in [0, 0.1) is 17.8 Å². The third-order valence-corrected chi connectivity index (χ3v) is 5.04. The van der Waals surface area contributed by atoms with Crippen molar-refractivity contribution >= 4 is 11.9 Å². The van der Waals surface area contributed by atoms with Crippen LogP contribution in [0.25, 0.3) is 0 Å². The number of carbonyl (C=O) groups excluding carboxylic acids is 1. The van der Waals surface area contributed by atoms with E-state index >= 15 is 0 Å². The van der Waals surface area contributed by atoms with E-state index in [1.807, 2.05) is 0 Å². The molecule has 0 saturated heterocycles. The van der Waals surface area contributed by atoms with Gasteiger partial charge in [0.1, 0.15) is 11.3 Å². The van der Waals surface area contributed by atoms with Crippen LogP contribution in [0.1, 0.15) is 41.6 Å². The summed E-state index contributed by atoms with van der Waals surface area (Å²) in [5, 5.41) is 12.0. The standard InChI is InChI=1S/C17H21NO4/c1-22-15-8-11(3-5-13(15)17(20)21)9-18-16(19)14-7-10-2-4-12(14)6-10/h3,5,8,10,12,14H,2,4,6-7,9H2,1H3,(H,18,19)(H,20,21)/t10-,12-,14+/m0/s1. The summed E-state index contributed by atoms with van der Waals surface area (Å²) in [5.74, 6) is 0.908. The van der Waals surface area contributed by atoms with Gasteiger partial charge in [0.2, 0.25) is 5.91 Å². The number of nitrogens with one attached hydrogen (secondary N) is 1. The largest absolute Gasteiger partial charge is 0.496 e. The molecule has 2 N–H and O–H groups in total. The summed E-state index contributed by atoms with van der Waals surface area (Å²) in [6.45, 7) is 0.406. The molecule has 2 bridgehead atoms. The number of benzene rings is 1. The van der Waals surface area contributed by atoms with Crippen LogP contribution >= 0.6 is 0 Å². The Morgan fingerprint density at radius 3 is 2.73 bits per heavy atom. The number of rotatable bonds is 5. The number of hydrogen-bond donors (Lipinski definition) is 2. The first-order valence-corrected chi connectivity index (χ1v) is 7.76. The van der Waals surface area contributed by atoms with Crippen LogP contribution in [0.4, 0.5) is 0 Å². The summed E-state index contributed by atoms with van der Waals surface area (Å²) in [5.41, 5.74) is 0.976. The monoisotopic (exact) mass is 303 g/mol. The van der Waals surface area contributed by atoms with Crippen LogP contribution in [0.2, 0.25) is 0 Å². The van der Waals surface area contributed by atoms with Crippen LogP contribution < -0.4 is 10.1 Å². The summed E-state index contributed by atoms with van der Waals surface area (Å²) in [6.07, 6.45) is 4.70. The smallest absolute Gasteiger partial charge is 0.339 e. The number of ether oxygens (including phenoxy) is 1. The molecule has 0 radical (unpaired) electrons. The molecule has 0 aromatic heterocycles. The van der Waals surface area contributed by atoms with Gasteiger partial charge < -0.3 is 15.2 Å². The van der Waals surface area contributed by atoms with Crippen molar-refractivity contribution in [3.63, 3.8) is 0 Å². The van der Waals surface area contributed by atoms with Gasteiger partial charge >= 0.3 is 5.97 Å². The lowest BCUT2D eigenvalue weighted by molar-refractivity contribution is -0.126. The molecule has 0 unspecified atom stereocenters. The summed E-state index contributed by atoms with van der Waals surface area (Å²) < 4.78 is 5.10. The van der Waals surface area contributed by atoms with Crippen molar-refractivity contribution in [2.75, 3.05) is 7.11 Å². The molecule has 2 aliphatic carbocycles. The topological polar surface area (TPSA) is 75.6 Å². The van der Waals surface area contributed by atoms with Crippen LogP contribution in [-0.2, 0) is 11.3 Å². The van der Waals surface area contributed by atoms with Crippen molar-refractivity contribution in [3.05, 3.63) is 29.3 Å². The summed E-state index contributed by atoms with van der Waals surface area (Å²) in [7, 11) is 1.44. The van der Waals surface area contributed by atoms with Gasteiger partial charge in [0.05, 0.1) is 7.11 Å². The zero-order valence-electron chi connectivity index (χ0n) is 12.7. The van der Waals surface area contributed by atoms with Gasteiger partial charge in [-0.2, -0.15) is 0 Å². The molecular formula is C17H21NO4. The minimum atomic E-state index is -1.02. The molecule has 22 heavy (non-hydrogen) atoms. The second-order valence-electron chi connectivity index (χ2n) is 6.34. The maximum absolute atomic E-state index is 12.3. The minimum absolute atomic E-state index is 0.130. The van der Waals surface area contributed by atoms with Gasteiger partial charge in [-0.25, -0.2) is 4.79 Å². The van der Waals surface area contributed by atoms with Crippen molar-refractivity contribution in [2.24, 2.45) is 17.8 Å². The van der Waals surface area contributed by atoms with E-state index in [1.165, 1.54) is 32.4 Å². The molecule has 3 atom stereocenters. The van der Waals surface area contributed by atoms with E-state index in [0.29, 0.717) is 18.2 Å². The van der Waals surface area contributed by atoms with E-state index in [1.54, 1.807) is 12.1 Å². The van der Waals surface area contributed by atoms with Crippen LogP contribution in [0.3, 0.4) is 0 Å². The number of fused-ring (bicyclic) bond motifs is 2. The van der Waals surface area contributed by atoms with Crippen molar-refractivity contribution in [1.82, 2.24) is 5.32 Å². The van der Waals surface area contributed by atoms with Gasteiger partial charge in [0.25, 0.3) is 0 Å². The van der Waals surface area contributed by atoms with Crippen LogP contribution in [0.5, 0.6) is 5.75 Å². The Labute approximate surface area is 129 Å². The van der Waals surface area contributed by atoms with Crippen molar-refractivity contribution in [3.8, 4) is 5.75 Å². The predicted molar refractivity (Wildman–Crippen MR) is 80.7 cm³/mol. The fourth-order valence-corrected chi connectivity index (χ4v) is 3.91. The highest BCUT2D eigenvalue weighted by molar-refractivity contribution is 5.91. The number of hydrogen-bond acceptors (Lipinski definition) is 3. The number of carboxylic acid groups (broad SMARTS) is 1. The SMILES string of the molecule is COc1cc(CNC(=O)[C@@H]2C[C@H]3CC[C@H]2C3)ccc1C(=O)O. The molecule has 3 rings (SSSR count). The van der Waals surface area contributed by atoms with Gasteiger partial charge in [-0.05, 0) is 48.8 Å². The third-order valence-electron chi connectivity index (χ3n) is 5.04. The van der Waals surface area contributed by atoms with E-state index in [4.69, 9.17) is 9.84 Å². The molecule has 0 spiro atoms. The molecular weight excluding hydrogens is 282 g/mol. The Balaban J connectivity index is 1.61. The second-order valence-corrected chi connectivity index (χ2v) is 6.34. The fourth-order valence-electron chi connectivity index (χ4n) is 3.91. The van der Waals surface area contributed by atoms with Gasteiger partial charge in [-0.3, -0.25) is 4.79 Å². The summed E-state index contributed by atoms with van der Waals surface area (Å²) in [4.78, 5) is 23.4. The molecule has 2 saturated carbocycles. The summed E-state index contributed by atoms with van der Waals surface area (Å²) >= 11 is 0. The molecule has 2 fully saturated rings. The van der Waals surface area contributed by atoms with Gasteiger partial charge in [-0.1, -0.05) is 12.5 Å². The molecule has 1 aromatic carbocycles. The first-order chi connectivity index (χ1) is 10.6. The number of methoxy groups -OCH3 is 1. The molecule has 5 heteroatoms. The van der Waals surface area contributed by atoms with Gasteiger partial charge in [-0.15, -0.1) is 0 Å². The zero-order chi connectivity index (χ0) is 15.7. The van der Waals surface area contributed by atoms with E-state index in [0.717, 1.165) is 17.9 Å². The van der Waals surface area contributed by atoms with E-state index in [9.17, 15) is 9.59 Å². The Morgan fingerprint density at radius 1 is 1.32 bits per heavy atom. The predicted octanol–water partition coefficient (Wildman–Crippen LogP) is 2.45. The average Bonchev–Trinajstić information content (AvgIpc) is 3.15. The maximum atomic E-state index is 12.3. The number of amides is 1. The zero-order valence-corrected chi connectivity index (χ0v) is 12.7. The third kappa shape index (κ3) is 2.80. The summed E-state index contributed by atoms with van der Waals surface area (Å²) in [6, 6.07) is 4.90. The number of carbonyl (C=O) groups is 2. The lowest BCUT2D eigenvalue weighted by atomic mass is 9.88. The van der Waals surface area contributed by atoms with Crippen molar-refractivity contribution in [1.29, 1.82) is 0 Å². The molecule has 2 aliphatic rings. The van der Waals surface area contributed by atoms with Gasteiger partial charge in [0.15, 0.2) is 0 Å². The molecule has 1 amide bonds. The molecule has 0 heterocycles. The lowest BCUT2D eigenvalue weighted by Gasteiger charge is -2.20. The Bertz CT molecular complexity index is 598. The lowest BCUT2D eigenvalue weighted by Crippen LogP contribution is -2.33. The Kier molecular flexibility index (Phi) is 4.05. The molecule has 5 nitrogen and oxygen atoms in total. The Hall–Kier alpha value is -2.04. The first-order valence-electron chi connectivity index (χ1n) is 7.76. The fraction of sp³-hybridized carbons (Fsp3) is 0.529. The quantitative estimate of drug-likeness (QED) is 0.876. The maximum Gasteiger partial charge on any atom is 0.339 e. The first kappa shape index (κ1) is 14.9. The molecule has 118 valence electrons. The molecule has 0 aliphatic heterocycles. The van der Waals surface area contributed by atoms with Crippen LogP contribution in [-0.4, -0.2) is 24.1 Å². The average molecular weight is 303 g/mol. The van der Waals surface area contributed by atoms with Crippen molar-refractivity contribution in [2.45, 2.75) is 32.2 Å². The highest BCUT2D eigenvalue weighted by Gasteiger charge is 2.42. The number of carboxylic acids is 1. The van der Waals surface area contributed by atoms with Crippen molar-refractivity contribution < 1.29 is 19.4 Å². The molecule has 1 aromatic rings. The normalized spacial score (nSPS) is 26.0. The Morgan fingerprint density at radius 2 is 2.14 bits per heavy atom. The minimum Gasteiger partial charge on any atom is -0.496 e. The van der Waals surface area contributed by atoms with Crippen LogP contribution in [0.15, 0.2) is 18.2 Å².